The summed E-state index contributed by atoms with van der Waals surface area (Å²) in [5.74, 6) is -0.661. The van der Waals surface area contributed by atoms with Gasteiger partial charge < -0.3 is 5.73 Å². The van der Waals surface area contributed by atoms with E-state index < -0.39 is 12.3 Å². The van der Waals surface area contributed by atoms with Crippen molar-refractivity contribution in [3.63, 3.8) is 0 Å². The van der Waals surface area contributed by atoms with E-state index in [1.165, 1.54) is 13.0 Å². The first-order valence-electron chi connectivity index (χ1n) is 3.68. The Hall–Kier alpha value is -0.790. The Morgan fingerprint density at radius 2 is 2.21 bits per heavy atom. The molecule has 1 aromatic rings. The van der Waals surface area contributed by atoms with Gasteiger partial charge in [0.05, 0.1) is 5.56 Å². The fourth-order valence-electron chi connectivity index (χ4n) is 0.998. The zero-order chi connectivity index (χ0) is 10.9. The molecule has 0 radical (unpaired) electrons. The molecule has 1 rings (SSSR count). The van der Waals surface area contributed by atoms with Crippen molar-refractivity contribution in [1.29, 1.82) is 0 Å². The highest BCUT2D eigenvalue weighted by Gasteiger charge is 2.17. The maximum absolute atomic E-state index is 12.4. The van der Waals surface area contributed by atoms with Gasteiger partial charge >= 0.3 is 0 Å². The number of nitrogens with two attached hydrogens (primary N) is 1. The molecule has 0 unspecified atom stereocenters. The van der Waals surface area contributed by atoms with Crippen LogP contribution in [0.25, 0.3) is 0 Å². The van der Waals surface area contributed by atoms with Crippen LogP contribution in [-0.4, -0.2) is 10.9 Å². The van der Waals surface area contributed by atoms with Gasteiger partial charge in [-0.2, -0.15) is 0 Å². The molecule has 2 N–H and O–H groups in total. The molecule has 0 aliphatic rings. The van der Waals surface area contributed by atoms with Crippen molar-refractivity contribution in [2.24, 2.45) is 5.73 Å². The Balaban J connectivity index is 3.31. The average molecular weight is 312 g/mol. The summed E-state index contributed by atoms with van der Waals surface area (Å²) in [7, 11) is 0. The van der Waals surface area contributed by atoms with Crippen LogP contribution in [0.1, 0.15) is 28.0 Å². The lowest BCUT2D eigenvalue weighted by molar-refractivity contribution is 0.0997. The van der Waals surface area contributed by atoms with Crippen molar-refractivity contribution in [2.45, 2.75) is 13.3 Å². The smallest absolute Gasteiger partial charge is 0.280 e. The van der Waals surface area contributed by atoms with Crippen LogP contribution in [0, 0.1) is 10.6 Å². The molecule has 14 heavy (non-hydrogen) atoms. The number of hydrogen-bond donors (Lipinski definition) is 1. The molecule has 0 saturated heterocycles. The highest BCUT2D eigenvalue weighted by Crippen LogP contribution is 2.23. The minimum Gasteiger partial charge on any atom is -0.366 e. The highest BCUT2D eigenvalue weighted by atomic mass is 127. The van der Waals surface area contributed by atoms with Crippen LogP contribution in [0.2, 0.25) is 0 Å². The lowest BCUT2D eigenvalue weighted by atomic mass is 10.1. The van der Waals surface area contributed by atoms with E-state index in [9.17, 15) is 13.6 Å². The number of primary amides is 1. The Morgan fingerprint density at radius 1 is 1.64 bits per heavy atom. The summed E-state index contributed by atoms with van der Waals surface area (Å²) < 4.78 is 24.9. The molecule has 1 heterocycles. The minimum absolute atomic E-state index is 0.174. The molecule has 3 nitrogen and oxygen atoms in total. The molecule has 0 fully saturated rings. The van der Waals surface area contributed by atoms with Crippen LogP contribution in [0.3, 0.4) is 0 Å². The molecule has 0 aliphatic heterocycles. The Morgan fingerprint density at radius 3 is 2.64 bits per heavy atom. The number of alkyl halides is 2. The van der Waals surface area contributed by atoms with E-state index >= 15 is 0 Å². The van der Waals surface area contributed by atoms with Crippen LogP contribution in [0.15, 0.2) is 6.07 Å². The van der Waals surface area contributed by atoms with Crippen molar-refractivity contribution < 1.29 is 13.6 Å². The fraction of sp³-hybridized carbons (Fsp3) is 0.250. The van der Waals surface area contributed by atoms with E-state index in [1.807, 2.05) is 0 Å². The van der Waals surface area contributed by atoms with Gasteiger partial charge in [0, 0.05) is 0 Å². The number of hydrogen-bond acceptors (Lipinski definition) is 2. The van der Waals surface area contributed by atoms with Crippen molar-refractivity contribution in [3.8, 4) is 0 Å². The molecule has 0 aliphatic carbocycles. The molecule has 1 aromatic heterocycles. The third-order valence-electron chi connectivity index (χ3n) is 1.68. The van der Waals surface area contributed by atoms with Gasteiger partial charge in [-0.3, -0.25) is 4.79 Å². The van der Waals surface area contributed by atoms with Crippen LogP contribution in [0.5, 0.6) is 0 Å². The van der Waals surface area contributed by atoms with Gasteiger partial charge in [-0.25, -0.2) is 13.8 Å². The van der Waals surface area contributed by atoms with Crippen molar-refractivity contribution in [1.82, 2.24) is 4.98 Å². The van der Waals surface area contributed by atoms with Gasteiger partial charge in [0.15, 0.2) is 0 Å². The Labute approximate surface area is 92.8 Å². The molecule has 1 amide bonds. The monoisotopic (exact) mass is 312 g/mol. The molecule has 0 aromatic carbocycles. The van der Waals surface area contributed by atoms with Crippen LogP contribution < -0.4 is 5.73 Å². The average Bonchev–Trinajstić information content (AvgIpc) is 2.07. The van der Waals surface area contributed by atoms with E-state index in [0.717, 1.165) is 0 Å². The number of halogens is 3. The molecular formula is C8H7F2IN2O. The van der Waals surface area contributed by atoms with Crippen LogP contribution in [0.4, 0.5) is 8.78 Å². The van der Waals surface area contributed by atoms with Gasteiger partial charge in [-0.05, 0) is 41.1 Å². The molecule has 6 heteroatoms. The van der Waals surface area contributed by atoms with Gasteiger partial charge in [0.25, 0.3) is 12.3 Å². The molecule has 0 spiro atoms. The number of rotatable bonds is 2. The molecule has 0 atom stereocenters. The van der Waals surface area contributed by atoms with E-state index in [4.69, 9.17) is 5.73 Å². The predicted molar refractivity (Wildman–Crippen MR) is 55.2 cm³/mol. The first kappa shape index (κ1) is 11.3. The maximum atomic E-state index is 12.4. The molecule has 0 saturated carbocycles. The summed E-state index contributed by atoms with van der Waals surface area (Å²) in [5.41, 5.74) is 5.18. The van der Waals surface area contributed by atoms with Crippen LogP contribution in [-0.2, 0) is 0 Å². The summed E-state index contributed by atoms with van der Waals surface area (Å²) >= 11 is 1.71. The first-order valence-corrected chi connectivity index (χ1v) is 4.76. The first-order chi connectivity index (χ1) is 6.43. The normalized spacial score (nSPS) is 10.6. The Bertz CT molecular complexity index is 382. The number of nitrogens with zero attached hydrogens (tertiary/aromatic N) is 1. The Kier molecular flexibility index (Phi) is 3.35. The molecular weight excluding hydrogens is 305 g/mol. The van der Waals surface area contributed by atoms with E-state index in [-0.39, 0.29) is 20.5 Å². The van der Waals surface area contributed by atoms with Crippen molar-refractivity contribution in [2.75, 3.05) is 0 Å². The lowest BCUT2D eigenvalue weighted by Crippen LogP contribution is -2.15. The lowest BCUT2D eigenvalue weighted by Gasteiger charge is -2.06. The summed E-state index contributed by atoms with van der Waals surface area (Å²) in [4.78, 5) is 14.5. The third kappa shape index (κ3) is 2.17. The predicted octanol–water partition coefficient (Wildman–Crippen LogP) is 2.03. The fourth-order valence-corrected chi connectivity index (χ4v) is 1.68. The van der Waals surface area contributed by atoms with E-state index in [2.05, 4.69) is 4.98 Å². The standard InChI is InChI=1S/C8H7F2IN2O/c1-3-2-4(8(12)14)7(11)13-5(3)6(9)10/h2,6H,1H3,(H2,12,14). The van der Waals surface area contributed by atoms with Gasteiger partial charge in [0.1, 0.15) is 9.39 Å². The number of pyridine rings is 1. The maximum Gasteiger partial charge on any atom is 0.280 e. The third-order valence-corrected chi connectivity index (χ3v) is 2.50. The zero-order valence-electron chi connectivity index (χ0n) is 7.22. The van der Waals surface area contributed by atoms with Gasteiger partial charge in [-0.15, -0.1) is 0 Å². The molecule has 0 bridgehead atoms. The van der Waals surface area contributed by atoms with Gasteiger partial charge in [0.2, 0.25) is 0 Å². The highest BCUT2D eigenvalue weighted by molar-refractivity contribution is 14.1. The summed E-state index contributed by atoms with van der Waals surface area (Å²) in [6, 6.07) is 1.33. The van der Waals surface area contributed by atoms with Gasteiger partial charge in [-0.1, -0.05) is 0 Å². The largest absolute Gasteiger partial charge is 0.366 e. The number of carbonyl (C=O) groups excluding carboxylic acids is 1. The van der Waals surface area contributed by atoms with Crippen molar-refractivity contribution in [3.05, 3.63) is 26.6 Å². The SMILES string of the molecule is Cc1cc(C(N)=O)c(I)nc1C(F)F. The summed E-state index contributed by atoms with van der Waals surface area (Å²) in [6.07, 6.45) is -2.63. The second-order valence-corrected chi connectivity index (χ2v) is 3.72. The topological polar surface area (TPSA) is 56.0 Å². The number of aryl methyl sites for hydroxylation is 1. The van der Waals surface area contributed by atoms with E-state index in [1.54, 1.807) is 22.6 Å². The zero-order valence-corrected chi connectivity index (χ0v) is 9.38. The number of amides is 1. The number of carbonyl (C=O) groups is 1. The number of aromatic nitrogens is 1. The second kappa shape index (κ2) is 4.16. The summed E-state index contributed by atoms with van der Waals surface area (Å²) in [6.45, 7) is 1.47. The molecule has 76 valence electrons. The van der Waals surface area contributed by atoms with Crippen molar-refractivity contribution >= 4 is 28.5 Å². The minimum atomic E-state index is -2.63. The second-order valence-electron chi connectivity index (χ2n) is 2.69. The summed E-state index contributed by atoms with van der Waals surface area (Å²) in [5, 5.41) is 0. The van der Waals surface area contributed by atoms with Crippen LogP contribution >= 0.6 is 22.6 Å². The van der Waals surface area contributed by atoms with E-state index in [0.29, 0.717) is 0 Å². The quantitative estimate of drug-likeness (QED) is 0.671.